The number of carbonyl (C=O) groups is 1. The molecule has 4 heteroatoms. The van der Waals surface area contributed by atoms with E-state index >= 15 is 0 Å². The van der Waals surface area contributed by atoms with Crippen LogP contribution in [0.25, 0.3) is 10.9 Å². The van der Waals surface area contributed by atoms with Crippen molar-refractivity contribution < 1.29 is 14.3 Å². The molecule has 0 amide bonds. The molecule has 0 unspecified atom stereocenters. The van der Waals surface area contributed by atoms with Crippen LogP contribution < -0.4 is 4.74 Å². The average Bonchev–Trinajstić information content (AvgIpc) is 2.82. The molecule has 0 saturated carbocycles. The number of fused-ring (bicyclic) bond motifs is 1. The molecule has 0 radical (unpaired) electrons. The van der Waals surface area contributed by atoms with Gasteiger partial charge in [0.15, 0.2) is 0 Å². The fourth-order valence-electron chi connectivity index (χ4n) is 2.74. The van der Waals surface area contributed by atoms with Gasteiger partial charge in [0.05, 0.1) is 12.2 Å². The van der Waals surface area contributed by atoms with Crippen LogP contribution in [0, 0.1) is 19.3 Å². The Hall–Kier alpha value is -2.41. The Kier molecular flexibility index (Phi) is 5.70. The average molecular weight is 313 g/mol. The molecule has 0 atom stereocenters. The lowest BCUT2D eigenvalue weighted by Crippen LogP contribution is -2.07. The van der Waals surface area contributed by atoms with Crippen LogP contribution >= 0.6 is 0 Å². The van der Waals surface area contributed by atoms with Crippen molar-refractivity contribution in [3.63, 3.8) is 0 Å². The summed E-state index contributed by atoms with van der Waals surface area (Å²) in [4.78, 5) is 12.4. The molecule has 0 saturated heterocycles. The highest BCUT2D eigenvalue weighted by molar-refractivity contribution is 6.06. The molecule has 0 fully saturated rings. The molecule has 1 aromatic carbocycles. The summed E-state index contributed by atoms with van der Waals surface area (Å²) in [6, 6.07) is 5.73. The van der Waals surface area contributed by atoms with Gasteiger partial charge in [0, 0.05) is 23.1 Å². The molecule has 1 heterocycles. The van der Waals surface area contributed by atoms with Crippen molar-refractivity contribution in [2.45, 2.75) is 40.2 Å². The van der Waals surface area contributed by atoms with E-state index in [1.807, 2.05) is 32.0 Å². The van der Waals surface area contributed by atoms with Crippen molar-refractivity contribution in [2.75, 3.05) is 13.2 Å². The topological polar surface area (TPSA) is 40.5 Å². The van der Waals surface area contributed by atoms with E-state index in [0.717, 1.165) is 36.0 Å². The first kappa shape index (κ1) is 17.0. The van der Waals surface area contributed by atoms with Gasteiger partial charge < -0.3 is 14.0 Å². The number of terminal acetylenes is 1. The van der Waals surface area contributed by atoms with Crippen LogP contribution in [0.4, 0.5) is 0 Å². The fraction of sp³-hybridized carbons (Fsp3) is 0.421. The Labute approximate surface area is 137 Å². The molecule has 1 aromatic heterocycles. The molecule has 0 spiro atoms. The van der Waals surface area contributed by atoms with Gasteiger partial charge in [0.25, 0.3) is 0 Å². The number of benzene rings is 1. The van der Waals surface area contributed by atoms with Gasteiger partial charge in [-0.2, -0.15) is 0 Å². The van der Waals surface area contributed by atoms with E-state index in [1.165, 1.54) is 0 Å². The highest BCUT2D eigenvalue weighted by atomic mass is 16.5. The normalized spacial score (nSPS) is 10.5. The van der Waals surface area contributed by atoms with Crippen LogP contribution in [0.2, 0.25) is 0 Å². The molecule has 0 aliphatic heterocycles. The smallest absolute Gasteiger partial charge is 0.340 e. The van der Waals surface area contributed by atoms with Crippen molar-refractivity contribution in [3.05, 3.63) is 29.5 Å². The van der Waals surface area contributed by atoms with Gasteiger partial charge in [0.1, 0.15) is 12.4 Å². The number of aryl methyl sites for hydroxylation is 1. The second-order valence-electron chi connectivity index (χ2n) is 5.36. The monoisotopic (exact) mass is 313 g/mol. The number of unbranched alkanes of at least 4 members (excludes halogenated alkanes) is 1. The summed E-state index contributed by atoms with van der Waals surface area (Å²) in [6.07, 6.45) is 7.39. The van der Waals surface area contributed by atoms with Crippen LogP contribution in [0.15, 0.2) is 18.2 Å². The number of ether oxygens (including phenoxy) is 2. The molecule has 23 heavy (non-hydrogen) atoms. The zero-order valence-corrected chi connectivity index (χ0v) is 14.0. The molecule has 2 aromatic rings. The number of aromatic nitrogens is 1. The third-order valence-electron chi connectivity index (χ3n) is 3.83. The maximum atomic E-state index is 12.4. The summed E-state index contributed by atoms with van der Waals surface area (Å²) in [5.41, 5.74) is 2.57. The molecule has 0 aliphatic carbocycles. The van der Waals surface area contributed by atoms with E-state index in [-0.39, 0.29) is 12.6 Å². The number of hydrogen-bond donors (Lipinski definition) is 0. The van der Waals surface area contributed by atoms with Gasteiger partial charge in [-0.1, -0.05) is 19.3 Å². The Morgan fingerprint density at radius 1 is 1.35 bits per heavy atom. The van der Waals surface area contributed by atoms with Crippen molar-refractivity contribution in [1.82, 2.24) is 4.57 Å². The predicted molar refractivity (Wildman–Crippen MR) is 91.9 cm³/mol. The van der Waals surface area contributed by atoms with Crippen molar-refractivity contribution in [2.24, 2.45) is 0 Å². The maximum Gasteiger partial charge on any atom is 0.340 e. The first-order valence-electron chi connectivity index (χ1n) is 8.00. The lowest BCUT2D eigenvalue weighted by atomic mass is 10.1. The quantitative estimate of drug-likeness (QED) is 0.574. The van der Waals surface area contributed by atoms with Gasteiger partial charge in [0.2, 0.25) is 0 Å². The summed E-state index contributed by atoms with van der Waals surface area (Å²) >= 11 is 0. The van der Waals surface area contributed by atoms with Gasteiger partial charge in [-0.25, -0.2) is 4.79 Å². The molecule has 0 N–H and O–H groups in total. The summed E-state index contributed by atoms with van der Waals surface area (Å²) in [5.74, 6) is 2.82. The lowest BCUT2D eigenvalue weighted by Gasteiger charge is -2.08. The lowest BCUT2D eigenvalue weighted by molar-refractivity contribution is 0.0527. The summed E-state index contributed by atoms with van der Waals surface area (Å²) in [6.45, 7) is 7.36. The van der Waals surface area contributed by atoms with E-state index in [0.29, 0.717) is 17.9 Å². The van der Waals surface area contributed by atoms with Crippen LogP contribution in [-0.2, 0) is 11.3 Å². The molecular weight excluding hydrogens is 290 g/mol. The summed E-state index contributed by atoms with van der Waals surface area (Å²) in [5, 5.41) is 0.853. The number of nitrogens with zero attached hydrogens (tertiary/aromatic N) is 1. The van der Waals surface area contributed by atoms with Gasteiger partial charge in [-0.15, -0.1) is 6.42 Å². The zero-order valence-electron chi connectivity index (χ0n) is 14.0. The molecule has 2 rings (SSSR count). The molecule has 4 nitrogen and oxygen atoms in total. The summed E-state index contributed by atoms with van der Waals surface area (Å²) in [7, 11) is 0. The highest BCUT2D eigenvalue weighted by Gasteiger charge is 2.21. The predicted octanol–water partition coefficient (Wildman–Crippen LogP) is 3.94. The Bertz CT molecular complexity index is 737. The number of rotatable bonds is 7. The molecule has 0 bridgehead atoms. The van der Waals surface area contributed by atoms with Crippen LogP contribution in [0.1, 0.15) is 42.7 Å². The minimum absolute atomic E-state index is 0.204. The van der Waals surface area contributed by atoms with Crippen LogP contribution in [0.3, 0.4) is 0 Å². The second-order valence-corrected chi connectivity index (χ2v) is 5.36. The number of carbonyl (C=O) groups excluding carboxylic acids is 1. The molecular formula is C19H23NO3. The van der Waals surface area contributed by atoms with Crippen molar-refractivity contribution >= 4 is 16.9 Å². The number of esters is 1. The fourth-order valence-corrected chi connectivity index (χ4v) is 2.74. The van der Waals surface area contributed by atoms with E-state index in [2.05, 4.69) is 17.4 Å². The minimum atomic E-state index is -0.292. The largest absolute Gasteiger partial charge is 0.481 e. The third kappa shape index (κ3) is 3.50. The van der Waals surface area contributed by atoms with Crippen LogP contribution in [-0.4, -0.2) is 23.8 Å². The summed E-state index contributed by atoms with van der Waals surface area (Å²) < 4.78 is 12.9. The SMILES string of the molecule is C#CCOc1ccc2c(c1)c(C(=O)OCC)c(C)n2CCCC. The van der Waals surface area contributed by atoms with Gasteiger partial charge in [-0.3, -0.25) is 0 Å². The third-order valence-corrected chi connectivity index (χ3v) is 3.83. The Balaban J connectivity index is 2.57. The maximum absolute atomic E-state index is 12.4. The van der Waals surface area contributed by atoms with Gasteiger partial charge >= 0.3 is 5.97 Å². The highest BCUT2D eigenvalue weighted by Crippen LogP contribution is 2.30. The van der Waals surface area contributed by atoms with Crippen LogP contribution in [0.5, 0.6) is 5.75 Å². The first-order chi connectivity index (χ1) is 11.1. The Morgan fingerprint density at radius 2 is 2.13 bits per heavy atom. The second kappa shape index (κ2) is 7.73. The molecule has 0 aliphatic rings. The van der Waals surface area contributed by atoms with Crippen molar-refractivity contribution in [1.29, 1.82) is 0 Å². The zero-order chi connectivity index (χ0) is 16.8. The van der Waals surface area contributed by atoms with Crippen molar-refractivity contribution in [3.8, 4) is 18.1 Å². The first-order valence-corrected chi connectivity index (χ1v) is 8.00. The standard InChI is InChI=1S/C19H23NO3/c1-5-8-11-20-14(4)18(19(21)22-7-3)16-13-15(23-12-6-2)9-10-17(16)20/h2,9-10,13H,5,7-8,11-12H2,1,3-4H3. The van der Waals surface area contributed by atoms with E-state index in [9.17, 15) is 4.79 Å². The van der Waals surface area contributed by atoms with E-state index in [1.54, 1.807) is 0 Å². The molecule has 122 valence electrons. The Morgan fingerprint density at radius 3 is 2.78 bits per heavy atom. The van der Waals surface area contributed by atoms with E-state index < -0.39 is 0 Å². The number of hydrogen-bond acceptors (Lipinski definition) is 3. The van der Waals surface area contributed by atoms with Gasteiger partial charge in [-0.05, 0) is 38.5 Å². The van der Waals surface area contributed by atoms with E-state index in [4.69, 9.17) is 15.9 Å². The minimum Gasteiger partial charge on any atom is -0.481 e.